The number of aromatic nitrogens is 2. The molecule has 1 aromatic rings. The second-order valence-electron chi connectivity index (χ2n) is 5.77. The first-order chi connectivity index (χ1) is 11.4. The van der Waals surface area contributed by atoms with E-state index >= 15 is 0 Å². The third-order valence-electron chi connectivity index (χ3n) is 3.76. The third kappa shape index (κ3) is 6.50. The first kappa shape index (κ1) is 19.8. The standard InChI is InChI=1S/C13H24N6O2.CH2O2/c1-10-15-12(16-21-10)9-19(4)13(20)14-7-11-8-17(2)5-6-18(11)3;2-1-3/h11H,5-9H2,1-4H3,(H,14,20);1H,(H,2,3). The van der Waals surface area contributed by atoms with Crippen molar-refractivity contribution in [2.24, 2.45) is 0 Å². The maximum absolute atomic E-state index is 12.1. The van der Waals surface area contributed by atoms with Crippen LogP contribution >= 0.6 is 0 Å². The number of amides is 2. The van der Waals surface area contributed by atoms with Gasteiger partial charge < -0.3 is 24.7 Å². The van der Waals surface area contributed by atoms with Gasteiger partial charge in [0, 0.05) is 46.2 Å². The van der Waals surface area contributed by atoms with E-state index in [-0.39, 0.29) is 12.5 Å². The number of carbonyl (C=O) groups is 2. The summed E-state index contributed by atoms with van der Waals surface area (Å²) in [5.74, 6) is 1.02. The van der Waals surface area contributed by atoms with Crippen molar-refractivity contribution in [3.8, 4) is 0 Å². The van der Waals surface area contributed by atoms with Crippen molar-refractivity contribution in [1.82, 2.24) is 30.2 Å². The topological polar surface area (TPSA) is 115 Å². The highest BCUT2D eigenvalue weighted by Gasteiger charge is 2.23. The summed E-state index contributed by atoms with van der Waals surface area (Å²) in [6.45, 7) is 5.50. The van der Waals surface area contributed by atoms with Gasteiger partial charge in [0.15, 0.2) is 5.82 Å². The molecule has 0 spiro atoms. The van der Waals surface area contributed by atoms with E-state index in [9.17, 15) is 4.79 Å². The Bertz CT molecular complexity index is 523. The Morgan fingerprint density at radius 2 is 2.17 bits per heavy atom. The molecule has 1 aromatic heterocycles. The molecule has 10 nitrogen and oxygen atoms in total. The first-order valence-electron chi connectivity index (χ1n) is 7.62. The number of rotatable bonds is 4. The molecular weight excluding hydrogens is 316 g/mol. The highest BCUT2D eigenvalue weighted by Crippen LogP contribution is 2.05. The zero-order chi connectivity index (χ0) is 18.1. The summed E-state index contributed by atoms with van der Waals surface area (Å²) in [4.78, 5) is 30.6. The van der Waals surface area contributed by atoms with Gasteiger partial charge in [0.25, 0.3) is 6.47 Å². The largest absolute Gasteiger partial charge is 0.483 e. The second-order valence-corrected chi connectivity index (χ2v) is 5.77. The molecule has 1 saturated heterocycles. The van der Waals surface area contributed by atoms with Gasteiger partial charge in [0.1, 0.15) is 0 Å². The van der Waals surface area contributed by atoms with Crippen molar-refractivity contribution in [2.45, 2.75) is 19.5 Å². The Kier molecular flexibility index (Phi) is 8.13. The number of nitrogens with zero attached hydrogens (tertiary/aromatic N) is 5. The molecule has 1 unspecified atom stereocenters. The van der Waals surface area contributed by atoms with Crippen LogP contribution in [0.3, 0.4) is 0 Å². The number of carboxylic acid groups (broad SMARTS) is 1. The predicted octanol–water partition coefficient (Wildman–Crippen LogP) is -0.534. The van der Waals surface area contributed by atoms with Gasteiger partial charge in [-0.3, -0.25) is 9.69 Å². The number of hydrogen-bond acceptors (Lipinski definition) is 7. The van der Waals surface area contributed by atoms with E-state index < -0.39 is 0 Å². The fraction of sp³-hybridized carbons (Fsp3) is 0.714. The number of piperazine rings is 1. The minimum absolute atomic E-state index is 0.126. The van der Waals surface area contributed by atoms with Gasteiger partial charge >= 0.3 is 6.03 Å². The highest BCUT2D eigenvalue weighted by molar-refractivity contribution is 5.73. The molecule has 1 aliphatic rings. The fourth-order valence-corrected chi connectivity index (χ4v) is 2.35. The molecule has 0 saturated carbocycles. The predicted molar refractivity (Wildman–Crippen MR) is 86.5 cm³/mol. The maximum atomic E-state index is 12.1. The summed E-state index contributed by atoms with van der Waals surface area (Å²) in [5.41, 5.74) is 0. The van der Waals surface area contributed by atoms with Crippen molar-refractivity contribution in [3.05, 3.63) is 11.7 Å². The SMILES string of the molecule is Cc1nc(CN(C)C(=O)NCC2CN(C)CCN2C)no1.O=CO. The lowest BCUT2D eigenvalue weighted by Gasteiger charge is -2.37. The van der Waals surface area contributed by atoms with Gasteiger partial charge in [-0.1, -0.05) is 5.16 Å². The Labute approximate surface area is 141 Å². The van der Waals surface area contributed by atoms with Gasteiger partial charge in [-0.15, -0.1) is 0 Å². The normalized spacial score (nSPS) is 18.4. The van der Waals surface area contributed by atoms with E-state index in [1.54, 1.807) is 18.9 Å². The van der Waals surface area contributed by atoms with Gasteiger partial charge in [-0.2, -0.15) is 4.98 Å². The Morgan fingerprint density at radius 3 is 2.75 bits per heavy atom. The molecule has 2 rings (SSSR count). The maximum Gasteiger partial charge on any atom is 0.317 e. The van der Waals surface area contributed by atoms with E-state index in [1.165, 1.54) is 0 Å². The molecule has 0 aliphatic carbocycles. The van der Waals surface area contributed by atoms with Crippen LogP contribution in [0.4, 0.5) is 4.79 Å². The Balaban J connectivity index is 0.000000891. The zero-order valence-corrected chi connectivity index (χ0v) is 14.6. The summed E-state index contributed by atoms with van der Waals surface area (Å²) < 4.78 is 4.89. The number of aryl methyl sites for hydroxylation is 1. The minimum atomic E-state index is -0.250. The van der Waals surface area contributed by atoms with Crippen LogP contribution in [0, 0.1) is 6.92 Å². The third-order valence-corrected chi connectivity index (χ3v) is 3.76. The molecule has 1 aliphatic heterocycles. The zero-order valence-electron chi connectivity index (χ0n) is 14.6. The van der Waals surface area contributed by atoms with Crippen LogP contribution in [-0.2, 0) is 11.3 Å². The lowest BCUT2D eigenvalue weighted by atomic mass is 10.2. The number of carbonyl (C=O) groups excluding carboxylic acids is 1. The summed E-state index contributed by atoms with van der Waals surface area (Å²) in [5, 5.41) is 13.6. The minimum Gasteiger partial charge on any atom is -0.483 e. The monoisotopic (exact) mass is 342 g/mol. The molecule has 1 fully saturated rings. The van der Waals surface area contributed by atoms with Gasteiger partial charge in [0.2, 0.25) is 5.89 Å². The van der Waals surface area contributed by atoms with Crippen LogP contribution in [0.5, 0.6) is 0 Å². The fourth-order valence-electron chi connectivity index (χ4n) is 2.35. The number of likely N-dealkylation sites (N-methyl/N-ethyl adjacent to an activating group) is 2. The van der Waals surface area contributed by atoms with Crippen LogP contribution in [0.25, 0.3) is 0 Å². The van der Waals surface area contributed by atoms with Crippen LogP contribution in [0.1, 0.15) is 11.7 Å². The van der Waals surface area contributed by atoms with Crippen molar-refractivity contribution < 1.29 is 19.2 Å². The molecule has 2 heterocycles. The quantitative estimate of drug-likeness (QED) is 0.702. The van der Waals surface area contributed by atoms with Crippen molar-refractivity contribution in [3.63, 3.8) is 0 Å². The number of nitrogens with one attached hydrogen (secondary N) is 1. The van der Waals surface area contributed by atoms with E-state index in [0.717, 1.165) is 19.6 Å². The van der Waals surface area contributed by atoms with E-state index in [1.807, 2.05) is 0 Å². The van der Waals surface area contributed by atoms with Crippen LogP contribution in [0.15, 0.2) is 4.52 Å². The van der Waals surface area contributed by atoms with E-state index in [0.29, 0.717) is 30.8 Å². The summed E-state index contributed by atoms with van der Waals surface area (Å²) in [7, 11) is 5.92. The molecule has 1 atom stereocenters. The first-order valence-corrected chi connectivity index (χ1v) is 7.62. The molecule has 10 heteroatoms. The summed E-state index contributed by atoms with van der Waals surface area (Å²) in [6, 6.07) is 0.215. The molecule has 2 N–H and O–H groups in total. The van der Waals surface area contributed by atoms with Gasteiger partial charge in [-0.05, 0) is 14.1 Å². The molecule has 2 amide bonds. The van der Waals surface area contributed by atoms with Crippen molar-refractivity contribution in [1.29, 1.82) is 0 Å². The van der Waals surface area contributed by atoms with Gasteiger partial charge in [0.05, 0.1) is 6.54 Å². The number of urea groups is 1. The summed E-state index contributed by atoms with van der Waals surface area (Å²) in [6.07, 6.45) is 0. The van der Waals surface area contributed by atoms with Crippen molar-refractivity contribution in [2.75, 3.05) is 47.3 Å². The summed E-state index contributed by atoms with van der Waals surface area (Å²) >= 11 is 0. The molecular formula is C14H26N6O4. The van der Waals surface area contributed by atoms with Gasteiger partial charge in [-0.25, -0.2) is 4.79 Å². The second kappa shape index (κ2) is 9.83. The molecule has 0 radical (unpaired) electrons. The van der Waals surface area contributed by atoms with Crippen molar-refractivity contribution >= 4 is 12.5 Å². The number of hydrogen-bond donors (Lipinski definition) is 2. The molecule has 0 aromatic carbocycles. The average molecular weight is 342 g/mol. The van der Waals surface area contributed by atoms with E-state index in [2.05, 4.69) is 39.4 Å². The average Bonchev–Trinajstić information content (AvgIpc) is 2.93. The highest BCUT2D eigenvalue weighted by atomic mass is 16.5. The van der Waals surface area contributed by atoms with Crippen LogP contribution in [0.2, 0.25) is 0 Å². The van der Waals surface area contributed by atoms with Crippen LogP contribution < -0.4 is 5.32 Å². The smallest absolute Gasteiger partial charge is 0.317 e. The molecule has 24 heavy (non-hydrogen) atoms. The van der Waals surface area contributed by atoms with E-state index in [4.69, 9.17) is 14.4 Å². The van der Waals surface area contributed by atoms with Crippen LogP contribution in [-0.4, -0.2) is 95.8 Å². The molecule has 0 bridgehead atoms. The lowest BCUT2D eigenvalue weighted by Crippen LogP contribution is -2.55. The molecule has 136 valence electrons. The lowest BCUT2D eigenvalue weighted by molar-refractivity contribution is -0.122. The Morgan fingerprint density at radius 1 is 1.50 bits per heavy atom. The Hall–Kier alpha value is -2.20.